The Morgan fingerprint density at radius 1 is 0.467 bits per heavy atom. The maximum atomic E-state index is 10.5. The van der Waals surface area contributed by atoms with Crippen molar-refractivity contribution in [1.82, 2.24) is 24.1 Å². The van der Waals surface area contributed by atoms with Gasteiger partial charge in [-0.2, -0.15) is 5.26 Å². The largest absolute Gasteiger partial charge is 0.309 e. The first-order chi connectivity index (χ1) is 29.5. The van der Waals surface area contributed by atoms with Gasteiger partial charge in [0.15, 0.2) is 5.82 Å². The van der Waals surface area contributed by atoms with Crippen LogP contribution in [-0.2, 0) is 10.8 Å². The SMILES string of the molecule is N#Cc1ccc(-n2c3ccccc3c3c(-n4c5ccccc5c5ccccc54)cccc32)c(-c2nc(C34CC5CC(CC(C5)C3)C4)nc(C34CC5CC(CC(C5)C3)C4)n2)c1. The van der Waals surface area contributed by atoms with Crippen LogP contribution in [0.1, 0.15) is 94.3 Å². The van der Waals surface area contributed by atoms with Crippen LogP contribution in [0.4, 0.5) is 0 Å². The molecule has 8 aliphatic carbocycles. The van der Waals surface area contributed by atoms with Crippen molar-refractivity contribution in [2.45, 2.75) is 87.9 Å². The molecule has 8 bridgehead atoms. The minimum atomic E-state index is 0.0283. The molecule has 8 aromatic rings. The van der Waals surface area contributed by atoms with E-state index in [-0.39, 0.29) is 10.8 Å². The van der Waals surface area contributed by atoms with Crippen LogP contribution in [0.15, 0.2) is 109 Å². The lowest BCUT2D eigenvalue weighted by Gasteiger charge is -2.57. The Balaban J connectivity index is 1.03. The van der Waals surface area contributed by atoms with Crippen molar-refractivity contribution < 1.29 is 0 Å². The highest BCUT2D eigenvalue weighted by Gasteiger charge is 2.56. The first-order valence-electron chi connectivity index (χ1n) is 22.8. The van der Waals surface area contributed by atoms with Crippen LogP contribution in [-0.4, -0.2) is 24.1 Å². The molecular formula is C54H48N6. The van der Waals surface area contributed by atoms with Gasteiger partial charge in [-0.3, -0.25) is 0 Å². The van der Waals surface area contributed by atoms with E-state index in [1.165, 1.54) is 110 Å². The summed E-state index contributed by atoms with van der Waals surface area (Å²) in [6, 6.07) is 41.9. The van der Waals surface area contributed by atoms with E-state index in [4.69, 9.17) is 15.0 Å². The summed E-state index contributed by atoms with van der Waals surface area (Å²) in [5.74, 6) is 7.64. The van der Waals surface area contributed by atoms with E-state index < -0.39 is 0 Å². The van der Waals surface area contributed by atoms with E-state index in [0.717, 1.165) is 81.0 Å². The van der Waals surface area contributed by atoms with Gasteiger partial charge in [0, 0.05) is 37.9 Å². The van der Waals surface area contributed by atoms with Crippen LogP contribution in [0.2, 0.25) is 0 Å². The molecule has 6 nitrogen and oxygen atoms in total. The van der Waals surface area contributed by atoms with Gasteiger partial charge in [0.05, 0.1) is 45.1 Å². The molecule has 6 heteroatoms. The van der Waals surface area contributed by atoms with Crippen LogP contribution in [0, 0.1) is 46.8 Å². The topological polar surface area (TPSA) is 72.3 Å². The summed E-state index contributed by atoms with van der Waals surface area (Å²) in [5.41, 5.74) is 8.43. The molecule has 0 aliphatic heterocycles. The van der Waals surface area contributed by atoms with Crippen LogP contribution in [0.25, 0.3) is 66.4 Å². The molecule has 0 unspecified atom stereocenters. The second kappa shape index (κ2) is 12.2. The molecule has 0 atom stereocenters. The van der Waals surface area contributed by atoms with Gasteiger partial charge in [-0.1, -0.05) is 60.7 Å². The lowest BCUT2D eigenvalue weighted by atomic mass is 9.49. The predicted octanol–water partition coefficient (Wildman–Crippen LogP) is 12.5. The lowest BCUT2D eigenvalue weighted by Crippen LogP contribution is -2.51. The molecule has 8 aliphatic rings. The van der Waals surface area contributed by atoms with Gasteiger partial charge in [0.2, 0.25) is 0 Å². The Kier molecular flexibility index (Phi) is 6.88. The van der Waals surface area contributed by atoms with E-state index in [1.807, 2.05) is 6.07 Å². The second-order valence-corrected chi connectivity index (χ2v) is 20.4. The van der Waals surface area contributed by atoms with Crippen molar-refractivity contribution in [3.63, 3.8) is 0 Å². The number of hydrogen-bond donors (Lipinski definition) is 0. The molecule has 8 fully saturated rings. The third-order valence-electron chi connectivity index (χ3n) is 16.8. The minimum Gasteiger partial charge on any atom is -0.309 e. The molecule has 294 valence electrons. The number of nitriles is 1. The number of nitrogens with zero attached hydrogens (tertiary/aromatic N) is 6. The smallest absolute Gasteiger partial charge is 0.165 e. The molecule has 0 saturated heterocycles. The zero-order valence-electron chi connectivity index (χ0n) is 34.0. The highest BCUT2D eigenvalue weighted by molar-refractivity contribution is 6.16. The van der Waals surface area contributed by atoms with E-state index in [9.17, 15) is 5.26 Å². The van der Waals surface area contributed by atoms with Gasteiger partial charge in [-0.25, -0.2) is 15.0 Å². The molecule has 0 N–H and O–H groups in total. The molecule has 0 radical (unpaired) electrons. The normalized spacial score (nSPS) is 30.0. The number of aromatic nitrogens is 5. The third kappa shape index (κ3) is 4.72. The van der Waals surface area contributed by atoms with Gasteiger partial charge >= 0.3 is 0 Å². The zero-order valence-corrected chi connectivity index (χ0v) is 34.0. The minimum absolute atomic E-state index is 0.0283. The van der Waals surface area contributed by atoms with Gasteiger partial charge in [0.25, 0.3) is 0 Å². The maximum Gasteiger partial charge on any atom is 0.165 e. The fourth-order valence-corrected chi connectivity index (χ4v) is 15.3. The van der Waals surface area contributed by atoms with Crippen LogP contribution in [0.3, 0.4) is 0 Å². The Morgan fingerprint density at radius 2 is 0.917 bits per heavy atom. The average molecular weight is 781 g/mol. The summed E-state index contributed by atoms with van der Waals surface area (Å²) in [4.78, 5) is 17.2. The van der Waals surface area contributed by atoms with E-state index in [2.05, 4.69) is 118 Å². The summed E-state index contributed by atoms with van der Waals surface area (Å²) in [6.07, 6.45) is 15.6. The Morgan fingerprint density at radius 3 is 1.43 bits per heavy atom. The Bertz CT molecular complexity index is 2970. The van der Waals surface area contributed by atoms with Gasteiger partial charge < -0.3 is 9.13 Å². The summed E-state index contributed by atoms with van der Waals surface area (Å²) in [6.45, 7) is 0. The van der Waals surface area contributed by atoms with Crippen molar-refractivity contribution in [1.29, 1.82) is 5.26 Å². The van der Waals surface area contributed by atoms with Gasteiger partial charge in [0.1, 0.15) is 11.6 Å². The standard InChI is InChI=1S/C54H48N6/c55-31-32-16-17-46(60-45-13-6-3-10-41(45)49-47(14-7-15-48(49)60)59-43-11-4-1-8-39(43)40-9-2-5-12-44(40)59)42(24-32)50-56-51(53-25-33-18-34(26-53)20-35(19-33)27-53)58-52(57-50)54-28-36-21-37(29-54)23-38(22-36)30-54/h1-17,24,33-38H,18-23,25-30H2. The third-order valence-corrected chi connectivity index (χ3v) is 16.8. The van der Waals surface area contributed by atoms with Crippen molar-refractivity contribution in [3.05, 3.63) is 126 Å². The van der Waals surface area contributed by atoms with Crippen molar-refractivity contribution in [3.8, 4) is 28.8 Å². The fourth-order valence-electron chi connectivity index (χ4n) is 15.3. The second-order valence-electron chi connectivity index (χ2n) is 20.4. The zero-order chi connectivity index (χ0) is 39.3. The van der Waals surface area contributed by atoms with Crippen molar-refractivity contribution in [2.75, 3.05) is 0 Å². The summed E-state index contributed by atoms with van der Waals surface area (Å²) >= 11 is 0. The Labute approximate surface area is 350 Å². The number of fused-ring (bicyclic) bond motifs is 6. The molecule has 0 amide bonds. The summed E-state index contributed by atoms with van der Waals surface area (Å²) < 4.78 is 4.88. The number of para-hydroxylation sites is 3. The number of rotatable bonds is 5. The van der Waals surface area contributed by atoms with E-state index >= 15 is 0 Å². The van der Waals surface area contributed by atoms with Gasteiger partial charge in [-0.05, 0) is 161 Å². The fraction of sp³-hybridized carbons (Fsp3) is 0.370. The number of benzene rings is 5. The van der Waals surface area contributed by atoms with Crippen LogP contribution >= 0.6 is 0 Å². The molecule has 8 saturated carbocycles. The maximum absolute atomic E-state index is 10.5. The van der Waals surface area contributed by atoms with E-state index in [0.29, 0.717) is 5.56 Å². The quantitative estimate of drug-likeness (QED) is 0.174. The number of hydrogen-bond acceptors (Lipinski definition) is 4. The van der Waals surface area contributed by atoms with Crippen molar-refractivity contribution in [2.24, 2.45) is 35.5 Å². The van der Waals surface area contributed by atoms with E-state index in [1.54, 1.807) is 0 Å². The predicted molar refractivity (Wildman–Crippen MR) is 238 cm³/mol. The highest BCUT2D eigenvalue weighted by Crippen LogP contribution is 2.62. The molecule has 3 heterocycles. The molecule has 0 spiro atoms. The lowest BCUT2D eigenvalue weighted by molar-refractivity contribution is -0.0155. The molecule has 3 aromatic heterocycles. The summed E-state index contributed by atoms with van der Waals surface area (Å²) in [5, 5.41) is 15.4. The summed E-state index contributed by atoms with van der Waals surface area (Å²) in [7, 11) is 0. The molecule has 16 rings (SSSR count). The Hall–Kier alpha value is -5.80. The molecule has 60 heavy (non-hydrogen) atoms. The molecule has 5 aromatic carbocycles. The van der Waals surface area contributed by atoms with Crippen molar-refractivity contribution >= 4 is 43.6 Å². The monoisotopic (exact) mass is 780 g/mol. The first kappa shape index (κ1) is 34.0. The van der Waals surface area contributed by atoms with Crippen LogP contribution in [0.5, 0.6) is 0 Å². The first-order valence-corrected chi connectivity index (χ1v) is 22.8. The average Bonchev–Trinajstić information content (AvgIpc) is 3.78. The highest BCUT2D eigenvalue weighted by atomic mass is 15.1. The van der Waals surface area contributed by atoms with Gasteiger partial charge in [-0.15, -0.1) is 0 Å². The molecular weight excluding hydrogens is 733 g/mol. The van der Waals surface area contributed by atoms with Crippen LogP contribution < -0.4 is 0 Å².